The van der Waals surface area contributed by atoms with Crippen LogP contribution in [-0.4, -0.2) is 53.1 Å². The lowest BCUT2D eigenvalue weighted by Crippen LogP contribution is -2.54. The number of nitrogens with zero attached hydrogens (tertiary/aromatic N) is 1. The molecule has 1 aromatic rings. The van der Waals surface area contributed by atoms with Crippen LogP contribution in [0, 0.1) is 0 Å². The molecule has 0 aromatic heterocycles. The summed E-state index contributed by atoms with van der Waals surface area (Å²) in [6.45, 7) is 3.56. The van der Waals surface area contributed by atoms with Gasteiger partial charge in [-0.15, -0.1) is 0 Å². The van der Waals surface area contributed by atoms with E-state index in [1.165, 1.54) is 17.6 Å². The van der Waals surface area contributed by atoms with Gasteiger partial charge in [-0.1, -0.05) is 6.07 Å². The molecule has 1 saturated heterocycles. The number of amides is 3. The average Bonchev–Trinajstić information content (AvgIpc) is 2.67. The van der Waals surface area contributed by atoms with Gasteiger partial charge in [-0.25, -0.2) is 10.3 Å². The van der Waals surface area contributed by atoms with Crippen LogP contribution < -0.4 is 15.5 Å². The Labute approximate surface area is 157 Å². The van der Waals surface area contributed by atoms with E-state index in [2.05, 4.69) is 5.32 Å². The fourth-order valence-corrected chi connectivity index (χ4v) is 3.48. The molecule has 27 heavy (non-hydrogen) atoms. The molecule has 0 atom stereocenters. The maximum atomic E-state index is 12.7. The first-order valence-corrected chi connectivity index (χ1v) is 8.97. The summed E-state index contributed by atoms with van der Waals surface area (Å²) in [5.74, 6) is -0.126. The van der Waals surface area contributed by atoms with Gasteiger partial charge in [0, 0.05) is 38.6 Å². The van der Waals surface area contributed by atoms with Crippen molar-refractivity contribution in [2.75, 3.05) is 19.6 Å². The third-order valence-electron chi connectivity index (χ3n) is 4.94. The number of piperidine rings is 1. The van der Waals surface area contributed by atoms with Crippen molar-refractivity contribution in [2.24, 2.45) is 0 Å². The van der Waals surface area contributed by atoms with E-state index in [1.54, 1.807) is 23.1 Å². The lowest BCUT2D eigenvalue weighted by atomic mass is 9.82. The third-order valence-corrected chi connectivity index (χ3v) is 4.94. The van der Waals surface area contributed by atoms with Crippen LogP contribution in [0.2, 0.25) is 0 Å². The molecule has 2 aliphatic rings. The van der Waals surface area contributed by atoms with Crippen LogP contribution in [0.5, 0.6) is 5.75 Å². The number of hydrogen-bond donors (Lipinski definition) is 3. The van der Waals surface area contributed by atoms with Crippen LogP contribution in [0.15, 0.2) is 24.3 Å². The fourth-order valence-electron chi connectivity index (χ4n) is 3.48. The van der Waals surface area contributed by atoms with Gasteiger partial charge in [0.1, 0.15) is 11.4 Å². The lowest BCUT2D eigenvalue weighted by molar-refractivity contribution is -0.124. The molecule has 0 saturated carbocycles. The first kappa shape index (κ1) is 18.9. The van der Waals surface area contributed by atoms with Crippen molar-refractivity contribution >= 4 is 23.8 Å². The number of likely N-dealkylation sites (tertiary alicyclic amines) is 1. The highest BCUT2D eigenvalue weighted by Crippen LogP contribution is 2.39. The molecule has 0 unspecified atom stereocenters. The molecule has 3 amide bonds. The second-order valence-corrected chi connectivity index (χ2v) is 6.77. The molecule has 1 fully saturated rings. The van der Waals surface area contributed by atoms with Gasteiger partial charge in [0.2, 0.25) is 0 Å². The Balaban J connectivity index is 1.72. The number of benzene rings is 1. The molecule has 1 aromatic carbocycles. The van der Waals surface area contributed by atoms with Crippen LogP contribution in [0.4, 0.5) is 4.79 Å². The number of nitrogens with one attached hydrogen (secondary N) is 2. The Hall–Kier alpha value is -2.87. The number of ether oxygens (including phenoxy) is 1. The van der Waals surface area contributed by atoms with Crippen LogP contribution in [0.3, 0.4) is 0 Å². The number of carbonyl (C=O) groups excluding carboxylic acids is 3. The summed E-state index contributed by atoms with van der Waals surface area (Å²) in [6.07, 6.45) is 4.16. The van der Waals surface area contributed by atoms with Crippen molar-refractivity contribution in [2.45, 2.75) is 31.8 Å². The number of ketones is 1. The molecule has 144 valence electrons. The van der Waals surface area contributed by atoms with Gasteiger partial charge in [0.15, 0.2) is 5.78 Å². The number of hydroxylamine groups is 1. The average molecular weight is 373 g/mol. The highest BCUT2D eigenvalue weighted by molar-refractivity contribution is 6.01. The number of Topliss-reactive ketones (excluding diaryl/α,β-unsaturated/α-hetero) is 1. The number of fused-ring (bicyclic) bond motifs is 1. The van der Waals surface area contributed by atoms with Crippen molar-refractivity contribution in [1.29, 1.82) is 0 Å². The predicted octanol–water partition coefficient (Wildman–Crippen LogP) is 1.73. The lowest BCUT2D eigenvalue weighted by Gasteiger charge is -2.43. The van der Waals surface area contributed by atoms with E-state index in [4.69, 9.17) is 9.94 Å². The molecule has 1 spiro atoms. The van der Waals surface area contributed by atoms with Crippen LogP contribution in [0.25, 0.3) is 6.08 Å². The number of rotatable bonds is 3. The molecule has 2 heterocycles. The van der Waals surface area contributed by atoms with Gasteiger partial charge >= 0.3 is 6.03 Å². The first-order valence-electron chi connectivity index (χ1n) is 8.97. The zero-order valence-corrected chi connectivity index (χ0v) is 15.2. The maximum Gasteiger partial charge on any atom is 0.317 e. The second kappa shape index (κ2) is 7.79. The Morgan fingerprint density at radius 1 is 1.33 bits per heavy atom. The largest absolute Gasteiger partial charge is 0.486 e. The normalized spacial score (nSPS) is 18.1. The van der Waals surface area contributed by atoms with Gasteiger partial charge in [-0.2, -0.15) is 0 Å². The van der Waals surface area contributed by atoms with Gasteiger partial charge in [0.05, 0.1) is 12.0 Å². The van der Waals surface area contributed by atoms with Gasteiger partial charge in [0.25, 0.3) is 5.91 Å². The molecular formula is C19H23N3O5. The highest BCUT2D eigenvalue weighted by Gasteiger charge is 2.43. The van der Waals surface area contributed by atoms with Crippen molar-refractivity contribution in [3.8, 4) is 5.75 Å². The second-order valence-electron chi connectivity index (χ2n) is 6.77. The van der Waals surface area contributed by atoms with Crippen molar-refractivity contribution in [1.82, 2.24) is 15.7 Å². The summed E-state index contributed by atoms with van der Waals surface area (Å²) in [7, 11) is 0. The minimum absolute atomic E-state index is 0.00966. The SMILES string of the molecule is CCNC(=O)N1CCC2(CC1)CC(=O)c1cc(C=CC(=O)NO)ccc1O2. The van der Waals surface area contributed by atoms with E-state index < -0.39 is 11.5 Å². The van der Waals surface area contributed by atoms with Crippen molar-refractivity contribution < 1.29 is 24.3 Å². The Bertz CT molecular complexity index is 782. The predicted molar refractivity (Wildman–Crippen MR) is 97.6 cm³/mol. The quantitative estimate of drug-likeness (QED) is 0.425. The van der Waals surface area contributed by atoms with Crippen molar-refractivity contribution in [3.05, 3.63) is 35.4 Å². The Kier molecular flexibility index (Phi) is 5.46. The minimum Gasteiger partial charge on any atom is -0.486 e. The summed E-state index contributed by atoms with van der Waals surface area (Å²) in [5.41, 5.74) is 2.09. The summed E-state index contributed by atoms with van der Waals surface area (Å²) in [5, 5.41) is 11.3. The van der Waals surface area contributed by atoms with E-state index in [9.17, 15) is 14.4 Å². The standard InChI is InChI=1S/C19H23N3O5/c1-2-20-18(25)22-9-7-19(8-10-22)12-15(23)14-11-13(3-5-16(14)27-19)4-6-17(24)21-26/h3-6,11,26H,2,7-10,12H2,1H3,(H,20,25)(H,21,24). The van der Waals surface area contributed by atoms with Gasteiger partial charge in [-0.05, 0) is 30.7 Å². The molecule has 3 N–H and O–H groups in total. The molecule has 8 heteroatoms. The molecular weight excluding hydrogens is 350 g/mol. The smallest absolute Gasteiger partial charge is 0.317 e. The number of urea groups is 1. The van der Waals surface area contributed by atoms with E-state index in [0.717, 1.165) is 0 Å². The van der Waals surface area contributed by atoms with E-state index in [0.29, 0.717) is 49.4 Å². The monoisotopic (exact) mass is 373 g/mol. The molecule has 3 rings (SSSR count). The third kappa shape index (κ3) is 4.11. The van der Waals surface area contributed by atoms with E-state index in [-0.39, 0.29) is 18.2 Å². The first-order chi connectivity index (χ1) is 13.0. The van der Waals surface area contributed by atoms with Crippen molar-refractivity contribution in [3.63, 3.8) is 0 Å². The number of hydrogen-bond acceptors (Lipinski definition) is 5. The highest BCUT2D eigenvalue weighted by atomic mass is 16.5. The number of carbonyl (C=O) groups is 3. The molecule has 0 bridgehead atoms. The van der Waals surface area contributed by atoms with E-state index >= 15 is 0 Å². The minimum atomic E-state index is -0.645. The summed E-state index contributed by atoms with van der Waals surface area (Å²) in [6, 6.07) is 5.06. The van der Waals surface area contributed by atoms with Crippen LogP contribution in [-0.2, 0) is 4.79 Å². The summed E-state index contributed by atoms with van der Waals surface area (Å²) < 4.78 is 6.20. The Morgan fingerprint density at radius 2 is 2.07 bits per heavy atom. The maximum absolute atomic E-state index is 12.7. The zero-order valence-electron chi connectivity index (χ0n) is 15.2. The summed E-state index contributed by atoms with van der Waals surface area (Å²) >= 11 is 0. The topological polar surface area (TPSA) is 108 Å². The zero-order chi connectivity index (χ0) is 19.4. The fraction of sp³-hybridized carbons (Fsp3) is 0.421. The van der Waals surface area contributed by atoms with Crippen LogP contribution >= 0.6 is 0 Å². The molecule has 2 aliphatic heterocycles. The summed E-state index contributed by atoms with van der Waals surface area (Å²) in [4.78, 5) is 37.5. The molecule has 0 radical (unpaired) electrons. The van der Waals surface area contributed by atoms with Gasteiger partial charge in [-0.3, -0.25) is 14.8 Å². The van der Waals surface area contributed by atoms with Crippen LogP contribution in [0.1, 0.15) is 42.1 Å². The Morgan fingerprint density at radius 3 is 2.74 bits per heavy atom. The molecule has 8 nitrogen and oxygen atoms in total. The van der Waals surface area contributed by atoms with Gasteiger partial charge < -0.3 is 15.0 Å². The molecule has 0 aliphatic carbocycles. The van der Waals surface area contributed by atoms with E-state index in [1.807, 2.05) is 6.92 Å².